The minimum absolute atomic E-state index is 0.184. The Labute approximate surface area is 141 Å². The molecule has 24 heavy (non-hydrogen) atoms. The van der Waals surface area contributed by atoms with Crippen LogP contribution in [-0.2, 0) is 9.53 Å². The molecule has 0 radical (unpaired) electrons. The minimum Gasteiger partial charge on any atom is -0.505 e. The number of aliphatic hydroxyl groups excluding tert-OH is 1. The standard InChI is InChI=1S/C19H20N2O3/c1-4-24-19(23)17(18(22)15-9-5-13(2)6-10-15)21-20-16-11-7-14(3)8-12-16/h5-12,22H,4H2,1-3H3/b18-17+,21-20?. The Balaban J connectivity index is 2.40. The molecule has 0 saturated heterocycles. The van der Waals surface area contributed by atoms with Crippen LogP contribution in [0.2, 0.25) is 0 Å². The highest BCUT2D eigenvalue weighted by molar-refractivity contribution is 5.95. The molecule has 2 aromatic carbocycles. The van der Waals surface area contributed by atoms with Crippen LogP contribution < -0.4 is 0 Å². The molecule has 0 aliphatic rings. The van der Waals surface area contributed by atoms with Crippen molar-refractivity contribution in [1.29, 1.82) is 0 Å². The number of benzene rings is 2. The molecule has 0 saturated carbocycles. The first-order valence-corrected chi connectivity index (χ1v) is 7.67. The number of rotatable bonds is 5. The van der Waals surface area contributed by atoms with Crippen LogP contribution in [0.3, 0.4) is 0 Å². The molecule has 2 rings (SSSR count). The third kappa shape index (κ3) is 4.52. The van der Waals surface area contributed by atoms with Crippen molar-refractivity contribution < 1.29 is 14.6 Å². The SMILES string of the molecule is CCOC(=O)/C(N=Nc1ccc(C)cc1)=C(\O)c1ccc(C)cc1. The quantitative estimate of drug-likeness (QED) is 0.369. The highest BCUT2D eigenvalue weighted by Crippen LogP contribution is 2.21. The third-order valence-electron chi connectivity index (χ3n) is 3.32. The molecule has 5 heteroatoms. The molecule has 0 aromatic heterocycles. The van der Waals surface area contributed by atoms with Crippen molar-refractivity contribution in [1.82, 2.24) is 0 Å². The molecule has 0 aliphatic carbocycles. The van der Waals surface area contributed by atoms with Crippen molar-refractivity contribution in [3.8, 4) is 0 Å². The van der Waals surface area contributed by atoms with Crippen molar-refractivity contribution in [3.05, 3.63) is 70.9 Å². The second-order valence-corrected chi connectivity index (χ2v) is 5.32. The summed E-state index contributed by atoms with van der Waals surface area (Å²) in [5, 5.41) is 18.4. The highest BCUT2D eigenvalue weighted by atomic mass is 16.5. The molecule has 2 aromatic rings. The number of nitrogens with zero attached hydrogens (tertiary/aromatic N) is 2. The Morgan fingerprint density at radius 2 is 1.54 bits per heavy atom. The molecule has 0 bridgehead atoms. The smallest absolute Gasteiger partial charge is 0.362 e. The van der Waals surface area contributed by atoms with Crippen LogP contribution in [0.4, 0.5) is 5.69 Å². The maximum Gasteiger partial charge on any atom is 0.362 e. The molecule has 0 heterocycles. The van der Waals surface area contributed by atoms with Gasteiger partial charge >= 0.3 is 5.97 Å². The Morgan fingerprint density at radius 1 is 1.00 bits per heavy atom. The van der Waals surface area contributed by atoms with Gasteiger partial charge in [-0.15, -0.1) is 5.11 Å². The first kappa shape index (κ1) is 17.4. The highest BCUT2D eigenvalue weighted by Gasteiger charge is 2.18. The maximum absolute atomic E-state index is 12.1. The summed E-state index contributed by atoms with van der Waals surface area (Å²) >= 11 is 0. The van der Waals surface area contributed by atoms with Gasteiger partial charge in [0.05, 0.1) is 12.3 Å². The number of hydrogen-bond donors (Lipinski definition) is 1. The molecular weight excluding hydrogens is 304 g/mol. The molecule has 0 atom stereocenters. The number of hydrogen-bond acceptors (Lipinski definition) is 5. The fourth-order valence-corrected chi connectivity index (χ4v) is 1.95. The predicted molar refractivity (Wildman–Crippen MR) is 93.1 cm³/mol. The molecule has 124 valence electrons. The number of esters is 1. The third-order valence-corrected chi connectivity index (χ3v) is 3.32. The van der Waals surface area contributed by atoms with E-state index in [0.717, 1.165) is 11.1 Å². The van der Waals surface area contributed by atoms with E-state index in [9.17, 15) is 9.90 Å². The fraction of sp³-hybridized carbons (Fsp3) is 0.211. The molecule has 0 fully saturated rings. The van der Waals surface area contributed by atoms with Gasteiger partial charge in [-0.2, -0.15) is 5.11 Å². The van der Waals surface area contributed by atoms with Crippen molar-refractivity contribution in [2.24, 2.45) is 10.2 Å². The van der Waals surface area contributed by atoms with Crippen LogP contribution in [-0.4, -0.2) is 17.7 Å². The Bertz CT molecular complexity index is 760. The molecule has 0 spiro atoms. The molecule has 0 aliphatic heterocycles. The van der Waals surface area contributed by atoms with E-state index in [2.05, 4.69) is 10.2 Å². The topological polar surface area (TPSA) is 71.2 Å². The second kappa shape index (κ2) is 8.06. The van der Waals surface area contributed by atoms with Gasteiger partial charge in [0, 0.05) is 5.56 Å². The zero-order chi connectivity index (χ0) is 17.5. The normalized spacial score (nSPS) is 12.1. The van der Waals surface area contributed by atoms with Crippen molar-refractivity contribution in [2.75, 3.05) is 6.61 Å². The molecule has 0 amide bonds. The summed E-state index contributed by atoms with van der Waals surface area (Å²) in [7, 11) is 0. The summed E-state index contributed by atoms with van der Waals surface area (Å²) in [5.74, 6) is -0.976. The molecule has 0 unspecified atom stereocenters. The summed E-state index contributed by atoms with van der Waals surface area (Å²) in [5.41, 5.74) is 2.98. The van der Waals surface area contributed by atoms with Gasteiger partial charge in [0.2, 0.25) is 5.70 Å². The number of ether oxygens (including phenoxy) is 1. The van der Waals surface area contributed by atoms with E-state index in [4.69, 9.17) is 4.74 Å². The minimum atomic E-state index is -0.716. The first-order chi connectivity index (χ1) is 11.5. The van der Waals surface area contributed by atoms with E-state index < -0.39 is 5.97 Å². The zero-order valence-electron chi connectivity index (χ0n) is 14.0. The first-order valence-electron chi connectivity index (χ1n) is 7.67. The lowest BCUT2D eigenvalue weighted by Gasteiger charge is -2.06. The van der Waals surface area contributed by atoms with Crippen LogP contribution >= 0.6 is 0 Å². The van der Waals surface area contributed by atoms with E-state index >= 15 is 0 Å². The lowest BCUT2D eigenvalue weighted by atomic mass is 10.1. The van der Waals surface area contributed by atoms with Gasteiger partial charge in [-0.1, -0.05) is 47.5 Å². The monoisotopic (exact) mass is 324 g/mol. The maximum atomic E-state index is 12.1. The van der Waals surface area contributed by atoms with Crippen LogP contribution in [0, 0.1) is 13.8 Å². The van der Waals surface area contributed by atoms with E-state index in [1.54, 1.807) is 31.2 Å². The van der Waals surface area contributed by atoms with Gasteiger partial charge in [-0.05, 0) is 32.9 Å². The summed E-state index contributed by atoms with van der Waals surface area (Å²) in [6.45, 7) is 5.78. The number of aliphatic hydroxyl groups is 1. The van der Waals surface area contributed by atoms with Gasteiger partial charge < -0.3 is 9.84 Å². The van der Waals surface area contributed by atoms with Gasteiger partial charge in [0.15, 0.2) is 5.76 Å². The van der Waals surface area contributed by atoms with E-state index in [0.29, 0.717) is 11.3 Å². The Kier molecular flexibility index (Phi) is 5.84. The average Bonchev–Trinajstić information content (AvgIpc) is 2.57. The van der Waals surface area contributed by atoms with E-state index in [1.165, 1.54) is 0 Å². The van der Waals surface area contributed by atoms with Crippen LogP contribution in [0.15, 0.2) is 64.5 Å². The lowest BCUT2D eigenvalue weighted by molar-refractivity contribution is -0.138. The van der Waals surface area contributed by atoms with Gasteiger partial charge in [-0.25, -0.2) is 4.79 Å². The number of carbonyl (C=O) groups is 1. The Hall–Kier alpha value is -2.95. The summed E-state index contributed by atoms with van der Waals surface area (Å²) in [4.78, 5) is 12.1. The summed E-state index contributed by atoms with van der Waals surface area (Å²) < 4.78 is 4.97. The van der Waals surface area contributed by atoms with Gasteiger partial charge in [0.1, 0.15) is 0 Å². The van der Waals surface area contributed by atoms with Crippen molar-refractivity contribution in [3.63, 3.8) is 0 Å². The summed E-state index contributed by atoms with van der Waals surface area (Å²) in [6, 6.07) is 14.5. The second-order valence-electron chi connectivity index (χ2n) is 5.32. The van der Waals surface area contributed by atoms with E-state index in [1.807, 2.05) is 38.1 Å². The van der Waals surface area contributed by atoms with Crippen LogP contribution in [0.5, 0.6) is 0 Å². The van der Waals surface area contributed by atoms with Gasteiger partial charge in [-0.3, -0.25) is 0 Å². The van der Waals surface area contributed by atoms with E-state index in [-0.39, 0.29) is 18.1 Å². The van der Waals surface area contributed by atoms with Gasteiger partial charge in [0.25, 0.3) is 0 Å². The largest absolute Gasteiger partial charge is 0.505 e. The predicted octanol–water partition coefficient (Wildman–Crippen LogP) is 4.88. The zero-order valence-corrected chi connectivity index (χ0v) is 14.0. The number of carbonyl (C=O) groups excluding carboxylic acids is 1. The van der Waals surface area contributed by atoms with Crippen LogP contribution in [0.1, 0.15) is 23.6 Å². The number of aryl methyl sites for hydroxylation is 2. The van der Waals surface area contributed by atoms with Crippen molar-refractivity contribution >= 4 is 17.4 Å². The molecule has 1 N–H and O–H groups in total. The molecule has 5 nitrogen and oxygen atoms in total. The molecular formula is C19H20N2O3. The lowest BCUT2D eigenvalue weighted by Crippen LogP contribution is -2.08. The Morgan fingerprint density at radius 3 is 2.08 bits per heavy atom. The average molecular weight is 324 g/mol. The number of azo groups is 1. The summed E-state index contributed by atoms with van der Waals surface area (Å²) in [6.07, 6.45) is 0. The van der Waals surface area contributed by atoms with Crippen molar-refractivity contribution in [2.45, 2.75) is 20.8 Å². The fourth-order valence-electron chi connectivity index (χ4n) is 1.95. The van der Waals surface area contributed by atoms with Crippen LogP contribution in [0.25, 0.3) is 5.76 Å².